The smallest absolute Gasteiger partial charge is 0.169 e. The van der Waals surface area contributed by atoms with Gasteiger partial charge in [-0.05, 0) is 41.5 Å². The fraction of sp³-hybridized carbons (Fsp3) is 0.0222. The molecule has 1 aliphatic rings. The normalized spacial score (nSPS) is 13.5. The summed E-state index contributed by atoms with van der Waals surface area (Å²) in [4.78, 5) is 10.2. The first-order chi connectivity index (χ1) is 24.8. The molecule has 0 saturated heterocycles. The molecular weight excluding hydrogens is 613 g/mol. The number of hydrogen-bond donors (Lipinski definition) is 1. The van der Waals surface area contributed by atoms with Gasteiger partial charge >= 0.3 is 0 Å². The standard InChI is InChI=1S/C45H30N4O/c1-4-13-29(14-5-1)32-24-26-39-37(27-32)34-19-10-11-21-38(34)49(39)40-22-12-20-36-35-25-23-33(28-41(35)50-42(36)40)45-47-43(30-15-6-2-7-16-30)46-44(48-45)31-17-8-3-9-18-31/h1-28,45H,(H,46,47,48). The average molecular weight is 643 g/mol. The molecule has 0 atom stereocenters. The second-order valence-corrected chi connectivity index (χ2v) is 12.6. The molecule has 1 N–H and O–H groups in total. The first-order valence-electron chi connectivity index (χ1n) is 16.9. The zero-order valence-corrected chi connectivity index (χ0v) is 27.0. The average Bonchev–Trinajstić information content (AvgIpc) is 3.74. The number of nitrogens with zero attached hydrogens (tertiary/aromatic N) is 3. The molecule has 3 heterocycles. The minimum Gasteiger partial charge on any atom is -0.454 e. The van der Waals surface area contributed by atoms with Crippen molar-refractivity contribution in [2.24, 2.45) is 9.98 Å². The summed E-state index contributed by atoms with van der Waals surface area (Å²) in [6, 6.07) is 59.2. The first kappa shape index (κ1) is 28.3. The maximum Gasteiger partial charge on any atom is 0.169 e. The molecule has 7 aromatic carbocycles. The maximum atomic E-state index is 6.82. The molecule has 0 saturated carbocycles. The Kier molecular flexibility index (Phi) is 6.49. The van der Waals surface area contributed by atoms with E-state index in [-0.39, 0.29) is 0 Å². The van der Waals surface area contributed by atoms with Gasteiger partial charge < -0.3 is 14.3 Å². The molecule has 0 unspecified atom stereocenters. The van der Waals surface area contributed by atoms with Crippen LogP contribution in [0.5, 0.6) is 0 Å². The van der Waals surface area contributed by atoms with Crippen molar-refractivity contribution in [3.8, 4) is 16.8 Å². The van der Waals surface area contributed by atoms with Crippen LogP contribution in [0.1, 0.15) is 22.9 Å². The zero-order valence-electron chi connectivity index (χ0n) is 27.0. The SMILES string of the molecule is c1ccc(C2=NC(c3ccc4c(c3)oc3c(-n5c6ccccc6c6cc(-c7ccccc7)ccc65)cccc34)N=C(c3ccccc3)N2)cc1. The number of hydrogen-bond acceptors (Lipinski definition) is 4. The number of amidine groups is 2. The van der Waals surface area contributed by atoms with Crippen LogP contribution in [0, 0.1) is 0 Å². The molecule has 1 aliphatic heterocycles. The van der Waals surface area contributed by atoms with Gasteiger partial charge in [0.15, 0.2) is 11.7 Å². The van der Waals surface area contributed by atoms with Crippen molar-refractivity contribution in [1.29, 1.82) is 0 Å². The third kappa shape index (κ3) is 4.63. The van der Waals surface area contributed by atoms with Crippen molar-refractivity contribution in [3.63, 3.8) is 0 Å². The van der Waals surface area contributed by atoms with Gasteiger partial charge in [0, 0.05) is 38.2 Å². The predicted molar refractivity (Wildman–Crippen MR) is 205 cm³/mol. The lowest BCUT2D eigenvalue weighted by Gasteiger charge is -2.22. The summed E-state index contributed by atoms with van der Waals surface area (Å²) < 4.78 is 9.16. The molecule has 10 rings (SSSR count). The van der Waals surface area contributed by atoms with E-state index in [1.165, 1.54) is 21.9 Å². The van der Waals surface area contributed by atoms with Crippen LogP contribution in [0.3, 0.4) is 0 Å². The van der Waals surface area contributed by atoms with Gasteiger partial charge in [-0.25, -0.2) is 9.98 Å². The van der Waals surface area contributed by atoms with Gasteiger partial charge in [-0.2, -0.15) is 0 Å². The highest BCUT2D eigenvalue weighted by Crippen LogP contribution is 2.40. The molecular formula is C45H30N4O. The molecule has 50 heavy (non-hydrogen) atoms. The number of rotatable bonds is 5. The monoisotopic (exact) mass is 642 g/mol. The van der Waals surface area contributed by atoms with Crippen molar-refractivity contribution in [2.75, 3.05) is 0 Å². The first-order valence-corrected chi connectivity index (χ1v) is 16.9. The molecule has 236 valence electrons. The van der Waals surface area contributed by atoms with Crippen LogP contribution in [-0.4, -0.2) is 16.2 Å². The lowest BCUT2D eigenvalue weighted by molar-refractivity contribution is 0.663. The lowest BCUT2D eigenvalue weighted by atomic mass is 10.0. The van der Waals surface area contributed by atoms with Crippen molar-refractivity contribution in [3.05, 3.63) is 187 Å². The maximum absolute atomic E-state index is 6.82. The second kappa shape index (κ2) is 11.5. The third-order valence-corrected chi connectivity index (χ3v) is 9.65. The van der Waals surface area contributed by atoms with E-state index in [1.54, 1.807) is 0 Å². The van der Waals surface area contributed by atoms with E-state index in [4.69, 9.17) is 14.4 Å². The molecule has 2 aromatic heterocycles. The van der Waals surface area contributed by atoms with E-state index in [9.17, 15) is 0 Å². The fourth-order valence-corrected chi connectivity index (χ4v) is 7.26. The highest BCUT2D eigenvalue weighted by molar-refractivity contribution is 6.16. The Hall–Kier alpha value is -6.72. The van der Waals surface area contributed by atoms with E-state index in [0.29, 0.717) is 0 Å². The Morgan fingerprint density at radius 2 is 1.08 bits per heavy atom. The Balaban J connectivity index is 1.13. The van der Waals surface area contributed by atoms with Crippen LogP contribution in [0.2, 0.25) is 0 Å². The van der Waals surface area contributed by atoms with E-state index in [0.717, 1.165) is 67.0 Å². The summed E-state index contributed by atoms with van der Waals surface area (Å²) in [5.41, 5.74) is 10.3. The summed E-state index contributed by atoms with van der Waals surface area (Å²) >= 11 is 0. The second-order valence-electron chi connectivity index (χ2n) is 12.6. The third-order valence-electron chi connectivity index (χ3n) is 9.65. The summed E-state index contributed by atoms with van der Waals surface area (Å²) in [7, 11) is 0. The number of para-hydroxylation sites is 2. The van der Waals surface area contributed by atoms with Gasteiger partial charge in [0.1, 0.15) is 17.3 Å². The largest absolute Gasteiger partial charge is 0.454 e. The number of fused-ring (bicyclic) bond motifs is 6. The van der Waals surface area contributed by atoms with Crippen molar-refractivity contribution in [2.45, 2.75) is 6.17 Å². The van der Waals surface area contributed by atoms with Gasteiger partial charge in [0.25, 0.3) is 0 Å². The molecule has 0 fully saturated rings. The van der Waals surface area contributed by atoms with Crippen molar-refractivity contribution >= 4 is 55.4 Å². The fourth-order valence-electron chi connectivity index (χ4n) is 7.26. The summed E-state index contributed by atoms with van der Waals surface area (Å²) in [6.07, 6.45) is -0.435. The van der Waals surface area contributed by atoms with Gasteiger partial charge in [-0.15, -0.1) is 0 Å². The predicted octanol–water partition coefficient (Wildman–Crippen LogP) is 10.8. The molecule has 0 spiro atoms. The minimum atomic E-state index is -0.435. The van der Waals surface area contributed by atoms with Gasteiger partial charge in [-0.3, -0.25) is 0 Å². The van der Waals surface area contributed by atoms with Crippen LogP contribution in [0.15, 0.2) is 184 Å². The van der Waals surface area contributed by atoms with Gasteiger partial charge in [-0.1, -0.05) is 140 Å². The van der Waals surface area contributed by atoms with Crippen molar-refractivity contribution < 1.29 is 4.42 Å². The number of benzene rings is 7. The Bertz CT molecular complexity index is 2720. The molecule has 9 aromatic rings. The number of nitrogens with one attached hydrogen (secondary N) is 1. The van der Waals surface area contributed by atoms with Crippen LogP contribution in [0.4, 0.5) is 0 Å². The number of aliphatic imine (C=N–C) groups is 2. The molecule has 0 amide bonds. The summed E-state index contributed by atoms with van der Waals surface area (Å²) in [6.45, 7) is 0. The Morgan fingerprint density at radius 1 is 0.460 bits per heavy atom. The van der Waals surface area contributed by atoms with Crippen LogP contribution >= 0.6 is 0 Å². The van der Waals surface area contributed by atoms with E-state index < -0.39 is 6.17 Å². The molecule has 0 radical (unpaired) electrons. The summed E-state index contributed by atoms with van der Waals surface area (Å²) in [5, 5.41) is 8.04. The van der Waals surface area contributed by atoms with Crippen LogP contribution in [-0.2, 0) is 0 Å². The van der Waals surface area contributed by atoms with E-state index in [1.807, 2.05) is 36.4 Å². The number of aromatic nitrogens is 1. The van der Waals surface area contributed by atoms with E-state index in [2.05, 4.69) is 143 Å². The quantitative estimate of drug-likeness (QED) is 0.203. The Morgan fingerprint density at radius 3 is 1.80 bits per heavy atom. The number of furan rings is 1. The van der Waals surface area contributed by atoms with Gasteiger partial charge in [0.2, 0.25) is 0 Å². The molecule has 0 bridgehead atoms. The lowest BCUT2D eigenvalue weighted by Crippen LogP contribution is -2.35. The highest BCUT2D eigenvalue weighted by atomic mass is 16.3. The molecule has 0 aliphatic carbocycles. The van der Waals surface area contributed by atoms with Crippen LogP contribution < -0.4 is 5.32 Å². The molecule has 5 nitrogen and oxygen atoms in total. The van der Waals surface area contributed by atoms with E-state index >= 15 is 0 Å². The topological polar surface area (TPSA) is 54.8 Å². The van der Waals surface area contributed by atoms with Gasteiger partial charge in [0.05, 0.1) is 16.7 Å². The van der Waals surface area contributed by atoms with Crippen LogP contribution in [0.25, 0.3) is 60.6 Å². The van der Waals surface area contributed by atoms with Crippen molar-refractivity contribution in [1.82, 2.24) is 9.88 Å². The minimum absolute atomic E-state index is 0.435. The highest BCUT2D eigenvalue weighted by Gasteiger charge is 2.23. The zero-order chi connectivity index (χ0) is 33.0. The summed E-state index contributed by atoms with van der Waals surface area (Å²) in [5.74, 6) is 1.58. The molecule has 5 heteroatoms. The Labute approximate surface area is 288 Å².